The number of carbonyl (C=O) groups is 2. The number of hydrogen-bond acceptors (Lipinski definition) is 6. The summed E-state index contributed by atoms with van der Waals surface area (Å²) in [5.74, 6) is -0.638. The lowest BCUT2D eigenvalue weighted by molar-refractivity contribution is -0.173. The predicted octanol–water partition coefficient (Wildman–Crippen LogP) is 3.50. The number of pyridine rings is 1. The van der Waals surface area contributed by atoms with Crippen LogP contribution in [0.25, 0.3) is 22.0 Å². The van der Waals surface area contributed by atoms with Crippen LogP contribution in [-0.2, 0) is 33.0 Å². The Bertz CT molecular complexity index is 1460. The van der Waals surface area contributed by atoms with Crippen LogP contribution in [-0.4, -0.2) is 47.7 Å². The third-order valence-electron chi connectivity index (χ3n) is 7.30. The molecule has 4 heterocycles. The van der Waals surface area contributed by atoms with E-state index in [4.69, 9.17) is 9.47 Å². The zero-order valence-corrected chi connectivity index (χ0v) is 20.8. The number of cyclic esters (lactones) is 1. The van der Waals surface area contributed by atoms with Gasteiger partial charge in [-0.3, -0.25) is 4.79 Å². The van der Waals surface area contributed by atoms with Crippen molar-refractivity contribution < 1.29 is 19.1 Å². The maximum absolute atomic E-state index is 13.6. The van der Waals surface area contributed by atoms with E-state index in [0.29, 0.717) is 43.9 Å². The first-order valence-electron chi connectivity index (χ1n) is 11.8. The molecule has 1 N–H and O–H groups in total. The van der Waals surface area contributed by atoms with Gasteiger partial charge in [-0.2, -0.15) is 0 Å². The second-order valence-electron chi connectivity index (χ2n) is 9.15. The second-order valence-corrected chi connectivity index (χ2v) is 10.00. The monoisotopic (exact) mass is 537 g/mol. The van der Waals surface area contributed by atoms with E-state index in [1.807, 2.05) is 24.3 Å². The number of hydrogen-bond donors (Lipinski definition) is 1. The summed E-state index contributed by atoms with van der Waals surface area (Å²) in [5, 5.41) is 5.31. The molecule has 1 fully saturated rings. The van der Waals surface area contributed by atoms with Crippen molar-refractivity contribution in [1.82, 2.24) is 14.8 Å². The van der Waals surface area contributed by atoms with Crippen molar-refractivity contribution >= 4 is 38.8 Å². The quantitative estimate of drug-likeness (QED) is 0.393. The van der Waals surface area contributed by atoms with Gasteiger partial charge in [0, 0.05) is 41.8 Å². The van der Waals surface area contributed by atoms with E-state index in [0.717, 1.165) is 32.1 Å². The summed E-state index contributed by atoms with van der Waals surface area (Å²) in [6.45, 7) is 4.36. The molecule has 1 saturated heterocycles. The highest BCUT2D eigenvalue weighted by atomic mass is 79.9. The summed E-state index contributed by atoms with van der Waals surface area (Å²) in [6, 6.07) is 12.0. The largest absolute Gasteiger partial charge is 0.457 e. The van der Waals surface area contributed by atoms with Crippen LogP contribution in [0.4, 0.5) is 4.79 Å². The van der Waals surface area contributed by atoms with Crippen LogP contribution < -0.4 is 10.9 Å². The highest BCUT2D eigenvalue weighted by molar-refractivity contribution is 9.10. The van der Waals surface area contributed by atoms with E-state index in [2.05, 4.69) is 33.4 Å². The molecule has 1 atom stereocenters. The Balaban J connectivity index is 1.50. The lowest BCUT2D eigenvalue weighted by atomic mass is 9.85. The number of rotatable bonds is 2. The van der Waals surface area contributed by atoms with E-state index in [1.54, 1.807) is 16.4 Å². The highest BCUT2D eigenvalue weighted by Crippen LogP contribution is 2.42. The van der Waals surface area contributed by atoms with E-state index >= 15 is 0 Å². The standard InChI is InChI=1S/C26H24BrN3O5/c1-2-26(35-25(33)29-8-6-28-7-9-29)20-12-22-18-10-15-4-3-5-21(27)17(15)11-16(18)13-30(22)23(31)19(20)14-34-24(26)32/h3-5,10-12,28H,2,6-9,13-14H2,1H3/t26-/m0/s1. The first kappa shape index (κ1) is 22.3. The maximum atomic E-state index is 13.6. The number of piperazine rings is 1. The minimum atomic E-state index is -1.66. The minimum Gasteiger partial charge on any atom is -0.457 e. The zero-order valence-electron chi connectivity index (χ0n) is 19.2. The third-order valence-corrected chi connectivity index (χ3v) is 7.99. The Kier molecular flexibility index (Phi) is 5.23. The fourth-order valence-electron chi connectivity index (χ4n) is 5.37. The molecule has 0 unspecified atom stereocenters. The normalized spacial score (nSPS) is 20.7. The summed E-state index contributed by atoms with van der Waals surface area (Å²) in [4.78, 5) is 41.4. The number of benzene rings is 2. The molecule has 3 aliphatic heterocycles. The number of halogens is 1. The van der Waals surface area contributed by atoms with Crippen molar-refractivity contribution in [3.63, 3.8) is 0 Å². The Hall–Kier alpha value is -3.17. The van der Waals surface area contributed by atoms with Crippen LogP contribution in [0.3, 0.4) is 0 Å². The second kappa shape index (κ2) is 8.20. The first-order valence-corrected chi connectivity index (χ1v) is 12.6. The molecule has 1 aromatic heterocycles. The topological polar surface area (TPSA) is 89.9 Å². The third kappa shape index (κ3) is 3.32. The van der Waals surface area contributed by atoms with Crippen LogP contribution in [0.15, 0.2) is 45.7 Å². The first-order chi connectivity index (χ1) is 16.9. The molecule has 1 amide bonds. The summed E-state index contributed by atoms with van der Waals surface area (Å²) >= 11 is 3.62. The van der Waals surface area contributed by atoms with Gasteiger partial charge in [-0.25, -0.2) is 9.59 Å². The molecule has 0 spiro atoms. The Morgan fingerprint density at radius 2 is 2.00 bits per heavy atom. The van der Waals surface area contributed by atoms with E-state index in [9.17, 15) is 14.4 Å². The highest BCUT2D eigenvalue weighted by Gasteiger charge is 2.51. The number of amides is 1. The molecular formula is C26H24BrN3O5. The molecule has 8 nitrogen and oxygen atoms in total. The van der Waals surface area contributed by atoms with Gasteiger partial charge in [0.1, 0.15) is 6.61 Å². The number of nitrogens with zero attached hydrogens (tertiary/aromatic N) is 2. The molecule has 0 saturated carbocycles. The van der Waals surface area contributed by atoms with Crippen LogP contribution in [0, 0.1) is 0 Å². The number of aromatic nitrogens is 1. The fourth-order valence-corrected chi connectivity index (χ4v) is 5.87. The van der Waals surface area contributed by atoms with E-state index in [-0.39, 0.29) is 18.6 Å². The Morgan fingerprint density at radius 3 is 2.77 bits per heavy atom. The van der Waals surface area contributed by atoms with Crippen LogP contribution >= 0.6 is 15.9 Å². The van der Waals surface area contributed by atoms with Crippen molar-refractivity contribution in [1.29, 1.82) is 0 Å². The molecule has 3 aromatic rings. The molecule has 0 radical (unpaired) electrons. The fraction of sp³-hybridized carbons (Fsp3) is 0.346. The average molecular weight is 538 g/mol. The molecule has 9 heteroatoms. The van der Waals surface area contributed by atoms with Crippen LogP contribution in [0.2, 0.25) is 0 Å². The van der Waals surface area contributed by atoms with Gasteiger partial charge in [0.05, 0.1) is 17.8 Å². The SMILES string of the molecule is CC[C@@]1(OC(=O)N2CCNCC2)C(=O)OCc2c1cc1n(c2=O)Cc2cc3c(Br)cccc3cc2-1. The van der Waals surface area contributed by atoms with E-state index < -0.39 is 17.7 Å². The summed E-state index contributed by atoms with van der Waals surface area (Å²) < 4.78 is 14.1. The Morgan fingerprint density at radius 1 is 1.20 bits per heavy atom. The number of carbonyl (C=O) groups excluding carboxylic acids is 2. The van der Waals surface area contributed by atoms with Crippen molar-refractivity contribution in [2.45, 2.75) is 32.1 Å². The van der Waals surface area contributed by atoms with Gasteiger partial charge in [0.25, 0.3) is 5.56 Å². The van der Waals surface area contributed by atoms with Gasteiger partial charge in [-0.1, -0.05) is 35.0 Å². The van der Waals surface area contributed by atoms with Gasteiger partial charge >= 0.3 is 12.1 Å². The van der Waals surface area contributed by atoms with E-state index in [1.165, 1.54) is 0 Å². The van der Waals surface area contributed by atoms with Gasteiger partial charge in [0.15, 0.2) is 0 Å². The number of nitrogens with one attached hydrogen (secondary N) is 1. The molecule has 2 aromatic carbocycles. The minimum absolute atomic E-state index is 0.135. The number of ether oxygens (including phenoxy) is 2. The summed E-state index contributed by atoms with van der Waals surface area (Å²) in [7, 11) is 0. The summed E-state index contributed by atoms with van der Waals surface area (Å²) in [6.07, 6.45) is -0.410. The van der Waals surface area contributed by atoms with Crippen LogP contribution in [0.1, 0.15) is 30.0 Å². The van der Waals surface area contributed by atoms with Crippen molar-refractivity contribution in [2.75, 3.05) is 26.2 Å². The molecule has 6 rings (SSSR count). The van der Waals surface area contributed by atoms with Gasteiger partial charge in [0.2, 0.25) is 5.60 Å². The molecule has 0 aliphatic carbocycles. The van der Waals surface area contributed by atoms with Gasteiger partial charge in [-0.05, 0) is 47.0 Å². The Labute approximate surface area is 209 Å². The van der Waals surface area contributed by atoms with Gasteiger partial charge < -0.3 is 24.3 Å². The number of esters is 1. The lowest BCUT2D eigenvalue weighted by Crippen LogP contribution is -2.52. The predicted molar refractivity (Wildman–Crippen MR) is 133 cm³/mol. The van der Waals surface area contributed by atoms with Crippen molar-refractivity contribution in [2.24, 2.45) is 0 Å². The molecule has 0 bridgehead atoms. The van der Waals surface area contributed by atoms with Gasteiger partial charge in [-0.15, -0.1) is 0 Å². The average Bonchev–Trinajstić information content (AvgIpc) is 3.23. The molecule has 3 aliphatic rings. The van der Waals surface area contributed by atoms with Crippen LogP contribution in [0.5, 0.6) is 0 Å². The molecule has 180 valence electrons. The van der Waals surface area contributed by atoms with Crippen molar-refractivity contribution in [3.05, 3.63) is 67.9 Å². The summed E-state index contributed by atoms with van der Waals surface area (Å²) in [5.41, 5.74) is 1.59. The molecule has 35 heavy (non-hydrogen) atoms. The molecular weight excluding hydrogens is 514 g/mol. The lowest BCUT2D eigenvalue weighted by Gasteiger charge is -2.37. The van der Waals surface area contributed by atoms with Crippen molar-refractivity contribution in [3.8, 4) is 11.3 Å². The number of fused-ring (bicyclic) bond motifs is 5. The smallest absolute Gasteiger partial charge is 0.411 e. The maximum Gasteiger partial charge on any atom is 0.411 e. The zero-order chi connectivity index (χ0) is 24.3.